The van der Waals surface area contributed by atoms with Crippen molar-refractivity contribution in [3.8, 4) is 0 Å². The minimum absolute atomic E-state index is 0.267. The van der Waals surface area contributed by atoms with Gasteiger partial charge in [0, 0.05) is 13.6 Å². The number of likely N-dealkylation sites (tertiary alicyclic amines) is 1. The second kappa shape index (κ2) is 8.19. The molecule has 0 unspecified atom stereocenters. The van der Waals surface area contributed by atoms with E-state index in [1.807, 2.05) is 0 Å². The molecule has 0 spiro atoms. The number of hydrogen-bond acceptors (Lipinski definition) is 5. The Kier molecular flexibility index (Phi) is 6.00. The molecule has 3 N–H and O–H groups in total. The van der Waals surface area contributed by atoms with Crippen LogP contribution in [-0.4, -0.2) is 49.0 Å². The van der Waals surface area contributed by atoms with Gasteiger partial charge in [-0.05, 0) is 31.9 Å². The van der Waals surface area contributed by atoms with Gasteiger partial charge in [0.25, 0.3) is 5.91 Å². The van der Waals surface area contributed by atoms with Crippen molar-refractivity contribution in [3.05, 3.63) is 29.8 Å². The molecule has 1 aromatic carbocycles. The summed E-state index contributed by atoms with van der Waals surface area (Å²) in [6.07, 6.45) is 1.37. The topological polar surface area (TPSA) is 99.8 Å². The first-order valence-electron chi connectivity index (χ1n) is 7.88. The summed E-state index contributed by atoms with van der Waals surface area (Å²) in [6, 6.07) is 5.91. The molecule has 1 aromatic rings. The molecule has 1 aliphatic heterocycles. The molecule has 0 aromatic heterocycles. The van der Waals surface area contributed by atoms with Crippen LogP contribution in [0.25, 0.3) is 0 Å². The molecule has 3 amide bonds. The molecule has 0 aliphatic carbocycles. The van der Waals surface area contributed by atoms with Gasteiger partial charge in [-0.25, -0.2) is 9.59 Å². The summed E-state index contributed by atoms with van der Waals surface area (Å²) >= 11 is 0. The number of nitrogens with one attached hydrogen (secondary N) is 3. The Morgan fingerprint density at radius 2 is 2.04 bits per heavy atom. The average Bonchev–Trinajstić information content (AvgIpc) is 3.09. The third-order valence-corrected chi connectivity index (χ3v) is 3.77. The number of esters is 1. The van der Waals surface area contributed by atoms with Crippen LogP contribution in [0.2, 0.25) is 0 Å². The molecule has 1 saturated heterocycles. The van der Waals surface area contributed by atoms with Crippen LogP contribution in [0, 0.1) is 0 Å². The third-order valence-electron chi connectivity index (χ3n) is 3.77. The Morgan fingerprint density at radius 3 is 2.75 bits per heavy atom. The lowest BCUT2D eigenvalue weighted by atomic mass is 10.2. The van der Waals surface area contributed by atoms with Crippen LogP contribution >= 0.6 is 0 Å². The summed E-state index contributed by atoms with van der Waals surface area (Å²) in [5, 5.41) is 2.53. The number of amides is 3. The molecule has 130 valence electrons. The van der Waals surface area contributed by atoms with E-state index in [4.69, 9.17) is 4.74 Å². The molecule has 1 fully saturated rings. The first-order valence-corrected chi connectivity index (χ1v) is 7.88. The van der Waals surface area contributed by atoms with E-state index in [1.54, 1.807) is 31.2 Å². The van der Waals surface area contributed by atoms with Crippen LogP contribution in [-0.2, 0) is 9.53 Å². The minimum atomic E-state index is -0.535. The van der Waals surface area contributed by atoms with Crippen LogP contribution in [0.5, 0.6) is 0 Å². The van der Waals surface area contributed by atoms with Crippen LogP contribution < -0.4 is 16.2 Å². The van der Waals surface area contributed by atoms with Gasteiger partial charge in [0.15, 0.2) is 0 Å². The maximum atomic E-state index is 12.3. The number of nitrogens with zero attached hydrogens (tertiary/aromatic N) is 1. The number of benzene rings is 1. The summed E-state index contributed by atoms with van der Waals surface area (Å²) in [7, 11) is 1.53. The van der Waals surface area contributed by atoms with Crippen molar-refractivity contribution in [1.29, 1.82) is 0 Å². The molecule has 24 heavy (non-hydrogen) atoms. The predicted molar refractivity (Wildman–Crippen MR) is 88.3 cm³/mol. The van der Waals surface area contributed by atoms with Gasteiger partial charge in [-0.15, -0.1) is 0 Å². The minimum Gasteiger partial charge on any atom is -0.462 e. The van der Waals surface area contributed by atoms with Gasteiger partial charge in [-0.2, -0.15) is 0 Å². The number of anilines is 1. The zero-order valence-corrected chi connectivity index (χ0v) is 13.8. The highest BCUT2D eigenvalue weighted by Crippen LogP contribution is 2.18. The van der Waals surface area contributed by atoms with E-state index >= 15 is 0 Å². The van der Waals surface area contributed by atoms with Crippen molar-refractivity contribution < 1.29 is 19.1 Å². The summed E-state index contributed by atoms with van der Waals surface area (Å²) in [6.45, 7) is 2.53. The van der Waals surface area contributed by atoms with Crippen molar-refractivity contribution in [2.45, 2.75) is 25.8 Å². The fourth-order valence-electron chi connectivity index (χ4n) is 2.62. The molecular weight excluding hydrogens is 312 g/mol. The van der Waals surface area contributed by atoms with Gasteiger partial charge < -0.3 is 15.0 Å². The van der Waals surface area contributed by atoms with Gasteiger partial charge in [-0.3, -0.25) is 15.6 Å². The number of carbonyl (C=O) groups excluding carboxylic acids is 3. The smallest absolute Gasteiger partial charge is 0.340 e. The van der Waals surface area contributed by atoms with Crippen LogP contribution in [0.15, 0.2) is 24.3 Å². The molecule has 1 heterocycles. The van der Waals surface area contributed by atoms with Crippen LogP contribution in [0.1, 0.15) is 30.1 Å². The second-order valence-electron chi connectivity index (χ2n) is 5.29. The first kappa shape index (κ1) is 17.6. The molecule has 8 nitrogen and oxygen atoms in total. The SMILES string of the molecule is CCOC(=O)c1ccccc1NNC(=O)[C@@H]1CCCN1C(=O)NC. The lowest BCUT2D eigenvalue weighted by Gasteiger charge is -2.23. The largest absolute Gasteiger partial charge is 0.462 e. The maximum absolute atomic E-state index is 12.3. The molecule has 0 bridgehead atoms. The van der Waals surface area contributed by atoms with Crippen molar-refractivity contribution in [2.75, 3.05) is 25.6 Å². The quantitative estimate of drug-likeness (QED) is 0.553. The fraction of sp³-hybridized carbons (Fsp3) is 0.438. The lowest BCUT2D eigenvalue weighted by Crippen LogP contribution is -2.50. The van der Waals surface area contributed by atoms with Gasteiger partial charge in [0.05, 0.1) is 17.9 Å². The monoisotopic (exact) mass is 334 g/mol. The number of carbonyl (C=O) groups is 3. The number of rotatable bonds is 5. The normalized spacial score (nSPS) is 16.4. The van der Waals surface area contributed by atoms with E-state index in [-0.39, 0.29) is 18.5 Å². The van der Waals surface area contributed by atoms with E-state index < -0.39 is 12.0 Å². The summed E-state index contributed by atoms with van der Waals surface area (Å²) in [5.41, 5.74) is 6.08. The molecule has 0 radical (unpaired) electrons. The first-order chi connectivity index (χ1) is 11.6. The second-order valence-corrected chi connectivity index (χ2v) is 5.29. The zero-order chi connectivity index (χ0) is 17.5. The van der Waals surface area contributed by atoms with E-state index in [0.29, 0.717) is 24.2 Å². The number of para-hydroxylation sites is 1. The molecule has 2 rings (SSSR count). The molecule has 8 heteroatoms. The highest BCUT2D eigenvalue weighted by atomic mass is 16.5. The zero-order valence-electron chi connectivity index (χ0n) is 13.8. The Bertz CT molecular complexity index is 620. The van der Waals surface area contributed by atoms with Crippen LogP contribution in [0.4, 0.5) is 10.5 Å². The van der Waals surface area contributed by atoms with E-state index in [1.165, 1.54) is 11.9 Å². The van der Waals surface area contributed by atoms with Crippen molar-refractivity contribution in [3.63, 3.8) is 0 Å². The predicted octanol–water partition coefficient (Wildman–Crippen LogP) is 1.11. The van der Waals surface area contributed by atoms with Crippen molar-refractivity contribution in [1.82, 2.24) is 15.6 Å². The Morgan fingerprint density at radius 1 is 1.29 bits per heavy atom. The summed E-state index contributed by atoms with van der Waals surface area (Å²) in [4.78, 5) is 37.5. The Balaban J connectivity index is 2.02. The van der Waals surface area contributed by atoms with E-state index in [2.05, 4.69) is 16.2 Å². The Hall–Kier alpha value is -2.77. The number of urea groups is 1. The van der Waals surface area contributed by atoms with Crippen LogP contribution in [0.3, 0.4) is 0 Å². The summed E-state index contributed by atoms with van der Waals surface area (Å²) < 4.78 is 4.99. The average molecular weight is 334 g/mol. The van der Waals surface area contributed by atoms with Crippen molar-refractivity contribution in [2.24, 2.45) is 0 Å². The highest BCUT2D eigenvalue weighted by Gasteiger charge is 2.33. The molecular formula is C16H22N4O4. The van der Waals surface area contributed by atoms with Gasteiger partial charge in [-0.1, -0.05) is 12.1 Å². The third kappa shape index (κ3) is 3.95. The maximum Gasteiger partial charge on any atom is 0.340 e. The molecule has 1 atom stereocenters. The number of hydrogen-bond donors (Lipinski definition) is 3. The summed E-state index contributed by atoms with van der Waals surface area (Å²) in [5.74, 6) is -0.794. The number of hydrazine groups is 1. The van der Waals surface area contributed by atoms with Crippen molar-refractivity contribution >= 4 is 23.6 Å². The van der Waals surface area contributed by atoms with Gasteiger partial charge in [0.1, 0.15) is 6.04 Å². The molecule has 0 saturated carbocycles. The van der Waals surface area contributed by atoms with E-state index in [9.17, 15) is 14.4 Å². The van der Waals surface area contributed by atoms with E-state index in [0.717, 1.165) is 6.42 Å². The lowest BCUT2D eigenvalue weighted by molar-refractivity contribution is -0.124. The number of ether oxygens (including phenoxy) is 1. The van der Waals surface area contributed by atoms with Gasteiger partial charge >= 0.3 is 12.0 Å². The highest BCUT2D eigenvalue weighted by molar-refractivity contribution is 5.96. The Labute approximate surface area is 140 Å². The van der Waals surface area contributed by atoms with Gasteiger partial charge in [0.2, 0.25) is 0 Å². The fourth-order valence-corrected chi connectivity index (χ4v) is 2.62. The molecule has 1 aliphatic rings. The standard InChI is InChI=1S/C16H22N4O4/c1-3-24-15(22)11-7-4-5-8-12(11)18-19-14(21)13-9-6-10-20(13)16(23)17-2/h4-5,7-8,13,18H,3,6,9-10H2,1-2H3,(H,17,23)(H,19,21)/t13-/m0/s1.